The number of pyridine rings is 1. The van der Waals surface area contributed by atoms with Crippen LogP contribution in [0, 0.1) is 0 Å². The third kappa shape index (κ3) is 2.30. The fraction of sp³-hybridized carbons (Fsp3) is 0.455. The van der Waals surface area contributed by atoms with Crippen LogP contribution in [0.3, 0.4) is 0 Å². The Hall–Kier alpha value is -1.62. The molecule has 1 aliphatic heterocycles. The van der Waals surface area contributed by atoms with Crippen LogP contribution in [-0.4, -0.2) is 42.0 Å². The summed E-state index contributed by atoms with van der Waals surface area (Å²) < 4.78 is 0. The molecule has 0 aromatic carbocycles. The minimum absolute atomic E-state index is 0.111. The van der Waals surface area contributed by atoms with Gasteiger partial charge in [-0.25, -0.2) is 0 Å². The maximum Gasteiger partial charge on any atom is 0.253 e. The van der Waals surface area contributed by atoms with Gasteiger partial charge in [0.15, 0.2) is 0 Å². The number of hydrogen-bond donors (Lipinski definition) is 2. The van der Waals surface area contributed by atoms with Gasteiger partial charge in [0.25, 0.3) is 5.91 Å². The standard InChI is InChI=1S/C11H16N4O/c1-15-5-3-8(7-15)14-11(16)9-2-4-13-6-10(9)12/h2,4,6,8H,3,5,7,12H2,1H3,(H,14,16). The highest BCUT2D eigenvalue weighted by atomic mass is 16.1. The molecule has 2 heterocycles. The molecule has 1 aromatic rings. The SMILES string of the molecule is CN1CCC(NC(=O)c2ccncc2N)C1. The molecule has 1 amide bonds. The van der Waals surface area contributed by atoms with Gasteiger partial charge in [-0.2, -0.15) is 0 Å². The molecule has 16 heavy (non-hydrogen) atoms. The van der Waals surface area contributed by atoms with Crippen LogP contribution >= 0.6 is 0 Å². The number of nitrogen functional groups attached to an aromatic ring is 1. The van der Waals surface area contributed by atoms with Crippen LogP contribution in [0.5, 0.6) is 0 Å². The maximum atomic E-state index is 11.9. The summed E-state index contributed by atoms with van der Waals surface area (Å²) in [5.41, 5.74) is 6.62. The number of likely N-dealkylation sites (tertiary alicyclic amines) is 1. The molecule has 5 heteroatoms. The first-order chi connectivity index (χ1) is 7.66. The van der Waals surface area contributed by atoms with E-state index in [-0.39, 0.29) is 11.9 Å². The van der Waals surface area contributed by atoms with Gasteiger partial charge in [-0.15, -0.1) is 0 Å². The Morgan fingerprint density at radius 2 is 2.50 bits per heavy atom. The molecule has 1 saturated heterocycles. The largest absolute Gasteiger partial charge is 0.397 e. The Morgan fingerprint density at radius 3 is 3.12 bits per heavy atom. The highest BCUT2D eigenvalue weighted by Gasteiger charge is 2.22. The van der Waals surface area contributed by atoms with Gasteiger partial charge in [-0.1, -0.05) is 0 Å². The van der Waals surface area contributed by atoms with Crippen molar-refractivity contribution in [3.63, 3.8) is 0 Å². The molecule has 86 valence electrons. The zero-order valence-corrected chi connectivity index (χ0v) is 9.31. The van der Waals surface area contributed by atoms with Gasteiger partial charge in [0, 0.05) is 18.8 Å². The lowest BCUT2D eigenvalue weighted by atomic mass is 10.2. The molecule has 2 rings (SSSR count). The molecule has 0 spiro atoms. The molecule has 0 radical (unpaired) electrons. The summed E-state index contributed by atoms with van der Waals surface area (Å²) in [7, 11) is 2.05. The van der Waals surface area contributed by atoms with E-state index in [2.05, 4.69) is 15.2 Å². The number of nitrogens with two attached hydrogens (primary N) is 1. The first-order valence-electron chi connectivity index (χ1n) is 5.35. The van der Waals surface area contributed by atoms with Crippen molar-refractivity contribution in [3.8, 4) is 0 Å². The topological polar surface area (TPSA) is 71.2 Å². The van der Waals surface area contributed by atoms with Crippen molar-refractivity contribution < 1.29 is 4.79 Å². The molecule has 1 fully saturated rings. The number of carbonyl (C=O) groups excluding carboxylic acids is 1. The van der Waals surface area contributed by atoms with Gasteiger partial charge in [0.05, 0.1) is 17.4 Å². The minimum Gasteiger partial charge on any atom is -0.397 e. The van der Waals surface area contributed by atoms with Crippen molar-refractivity contribution in [3.05, 3.63) is 24.0 Å². The average molecular weight is 220 g/mol. The van der Waals surface area contributed by atoms with E-state index in [0.717, 1.165) is 19.5 Å². The van der Waals surface area contributed by atoms with Crippen LogP contribution in [0.1, 0.15) is 16.8 Å². The second-order valence-electron chi connectivity index (χ2n) is 4.18. The lowest BCUT2D eigenvalue weighted by molar-refractivity contribution is 0.0939. The first-order valence-corrected chi connectivity index (χ1v) is 5.35. The Kier molecular flexibility index (Phi) is 3.05. The van der Waals surface area contributed by atoms with E-state index in [0.29, 0.717) is 11.3 Å². The monoisotopic (exact) mass is 220 g/mol. The van der Waals surface area contributed by atoms with Crippen molar-refractivity contribution >= 4 is 11.6 Å². The van der Waals surface area contributed by atoms with Gasteiger partial charge in [0.2, 0.25) is 0 Å². The Bertz CT molecular complexity index is 393. The van der Waals surface area contributed by atoms with Crippen molar-refractivity contribution in [2.75, 3.05) is 25.9 Å². The van der Waals surface area contributed by atoms with Crippen LogP contribution in [0.4, 0.5) is 5.69 Å². The van der Waals surface area contributed by atoms with Crippen molar-refractivity contribution in [1.82, 2.24) is 15.2 Å². The molecule has 1 aliphatic rings. The number of nitrogens with one attached hydrogen (secondary N) is 1. The van der Waals surface area contributed by atoms with Gasteiger partial charge in [0.1, 0.15) is 0 Å². The van der Waals surface area contributed by atoms with E-state index >= 15 is 0 Å². The van der Waals surface area contributed by atoms with E-state index in [4.69, 9.17) is 5.73 Å². The number of hydrogen-bond acceptors (Lipinski definition) is 4. The van der Waals surface area contributed by atoms with Crippen LogP contribution in [0.2, 0.25) is 0 Å². The fourth-order valence-corrected chi connectivity index (χ4v) is 1.93. The van der Waals surface area contributed by atoms with Gasteiger partial charge >= 0.3 is 0 Å². The van der Waals surface area contributed by atoms with Crippen LogP contribution < -0.4 is 11.1 Å². The Balaban J connectivity index is 2.01. The smallest absolute Gasteiger partial charge is 0.253 e. The zero-order chi connectivity index (χ0) is 11.5. The van der Waals surface area contributed by atoms with Crippen molar-refractivity contribution in [2.45, 2.75) is 12.5 Å². The van der Waals surface area contributed by atoms with E-state index in [1.807, 2.05) is 7.05 Å². The molecule has 0 aliphatic carbocycles. The Labute approximate surface area is 94.6 Å². The van der Waals surface area contributed by atoms with E-state index in [1.165, 1.54) is 6.20 Å². The van der Waals surface area contributed by atoms with Gasteiger partial charge in [-0.3, -0.25) is 9.78 Å². The van der Waals surface area contributed by atoms with E-state index < -0.39 is 0 Å². The first kappa shape index (κ1) is 10.9. The minimum atomic E-state index is -0.111. The van der Waals surface area contributed by atoms with E-state index in [9.17, 15) is 4.79 Å². The molecule has 1 unspecified atom stereocenters. The number of amides is 1. The number of rotatable bonds is 2. The zero-order valence-electron chi connectivity index (χ0n) is 9.31. The maximum absolute atomic E-state index is 11.9. The lowest BCUT2D eigenvalue weighted by Crippen LogP contribution is -2.36. The lowest BCUT2D eigenvalue weighted by Gasteiger charge is -2.13. The second-order valence-corrected chi connectivity index (χ2v) is 4.18. The van der Waals surface area contributed by atoms with E-state index in [1.54, 1.807) is 12.3 Å². The number of carbonyl (C=O) groups is 1. The fourth-order valence-electron chi connectivity index (χ4n) is 1.93. The molecule has 3 N–H and O–H groups in total. The van der Waals surface area contributed by atoms with Crippen molar-refractivity contribution in [2.24, 2.45) is 0 Å². The summed E-state index contributed by atoms with van der Waals surface area (Å²) in [5, 5.41) is 2.98. The molecule has 5 nitrogen and oxygen atoms in total. The van der Waals surface area contributed by atoms with Crippen LogP contribution in [0.15, 0.2) is 18.5 Å². The van der Waals surface area contributed by atoms with Crippen LogP contribution in [-0.2, 0) is 0 Å². The third-order valence-corrected chi connectivity index (χ3v) is 2.82. The summed E-state index contributed by atoms with van der Waals surface area (Å²) in [6.07, 6.45) is 4.06. The quantitative estimate of drug-likeness (QED) is 0.741. The third-order valence-electron chi connectivity index (χ3n) is 2.82. The van der Waals surface area contributed by atoms with Crippen LogP contribution in [0.25, 0.3) is 0 Å². The second kappa shape index (κ2) is 4.49. The van der Waals surface area contributed by atoms with Gasteiger partial charge in [-0.05, 0) is 26.1 Å². The van der Waals surface area contributed by atoms with Crippen molar-refractivity contribution in [1.29, 1.82) is 0 Å². The summed E-state index contributed by atoms with van der Waals surface area (Å²) in [4.78, 5) is 17.9. The summed E-state index contributed by atoms with van der Waals surface area (Å²) in [6.45, 7) is 1.92. The molecular formula is C11H16N4O. The Morgan fingerprint density at radius 1 is 1.69 bits per heavy atom. The summed E-state index contributed by atoms with van der Waals surface area (Å²) in [6, 6.07) is 1.87. The predicted molar refractivity (Wildman–Crippen MR) is 62.0 cm³/mol. The number of nitrogens with zero attached hydrogens (tertiary/aromatic N) is 2. The molecule has 0 bridgehead atoms. The summed E-state index contributed by atoms with van der Waals surface area (Å²) in [5.74, 6) is -0.111. The highest BCUT2D eigenvalue weighted by molar-refractivity contribution is 5.99. The number of anilines is 1. The normalized spacial score (nSPS) is 20.9. The average Bonchev–Trinajstić information content (AvgIpc) is 2.64. The molecule has 1 aromatic heterocycles. The van der Waals surface area contributed by atoms with Gasteiger partial charge < -0.3 is 16.0 Å². The predicted octanol–water partition coefficient (Wildman–Crippen LogP) is 0.0977. The summed E-state index contributed by atoms with van der Waals surface area (Å²) >= 11 is 0. The number of likely N-dealkylation sites (N-methyl/N-ethyl adjacent to an activating group) is 1. The molecule has 1 atom stereocenters. The molecule has 0 saturated carbocycles. The molecular weight excluding hydrogens is 204 g/mol. The number of aromatic nitrogens is 1. The highest BCUT2D eigenvalue weighted by Crippen LogP contribution is 2.11.